The van der Waals surface area contributed by atoms with E-state index in [1.54, 1.807) is 11.0 Å². The van der Waals surface area contributed by atoms with Gasteiger partial charge >= 0.3 is 5.97 Å². The van der Waals surface area contributed by atoms with Gasteiger partial charge in [0, 0.05) is 25.2 Å². The van der Waals surface area contributed by atoms with Crippen molar-refractivity contribution in [1.82, 2.24) is 4.90 Å². The summed E-state index contributed by atoms with van der Waals surface area (Å²) in [5.41, 5.74) is 2.28. The van der Waals surface area contributed by atoms with Crippen LogP contribution in [0.3, 0.4) is 0 Å². The molecule has 1 aromatic carbocycles. The number of hydrogen-bond acceptors (Lipinski definition) is 2. The van der Waals surface area contributed by atoms with E-state index in [0.717, 1.165) is 23.7 Å². The zero-order valence-electron chi connectivity index (χ0n) is 12.5. The van der Waals surface area contributed by atoms with Crippen molar-refractivity contribution in [2.75, 3.05) is 13.6 Å². The zero-order chi connectivity index (χ0) is 15.4. The molecule has 0 radical (unpaired) electrons. The third kappa shape index (κ3) is 3.94. The molecule has 0 saturated heterocycles. The highest BCUT2D eigenvalue weighted by Crippen LogP contribution is 2.27. The van der Waals surface area contributed by atoms with Crippen molar-refractivity contribution in [3.8, 4) is 0 Å². The number of carbonyl (C=O) groups is 2. The predicted molar refractivity (Wildman–Crippen MR) is 82.2 cm³/mol. The fraction of sp³-hybridized carbons (Fsp3) is 0.412. The van der Waals surface area contributed by atoms with Crippen LogP contribution < -0.4 is 0 Å². The molecule has 2 rings (SSSR count). The first-order valence-electron chi connectivity index (χ1n) is 7.24. The van der Waals surface area contributed by atoms with E-state index in [0.29, 0.717) is 11.5 Å². The number of aryl methyl sites for hydroxylation is 1. The Morgan fingerprint density at radius 2 is 2.10 bits per heavy atom. The molecule has 0 spiro atoms. The van der Waals surface area contributed by atoms with E-state index < -0.39 is 5.97 Å². The van der Waals surface area contributed by atoms with Crippen LogP contribution in [0.25, 0.3) is 6.08 Å². The van der Waals surface area contributed by atoms with Crippen LogP contribution >= 0.6 is 0 Å². The minimum absolute atomic E-state index is 0.00461. The Bertz CT molecular complexity index is 573. The fourth-order valence-electron chi connectivity index (χ4n) is 2.49. The van der Waals surface area contributed by atoms with Gasteiger partial charge in [0.1, 0.15) is 0 Å². The van der Waals surface area contributed by atoms with Crippen LogP contribution in [-0.4, -0.2) is 35.5 Å². The minimum atomic E-state index is -0.995. The van der Waals surface area contributed by atoms with E-state index in [-0.39, 0.29) is 5.91 Å². The van der Waals surface area contributed by atoms with Gasteiger partial charge in [0.15, 0.2) is 0 Å². The van der Waals surface area contributed by atoms with Crippen LogP contribution in [0.1, 0.15) is 40.7 Å². The van der Waals surface area contributed by atoms with Gasteiger partial charge in [-0.25, -0.2) is 4.79 Å². The molecule has 0 atom stereocenters. The summed E-state index contributed by atoms with van der Waals surface area (Å²) in [6.07, 6.45) is 6.26. The van der Waals surface area contributed by atoms with Crippen molar-refractivity contribution < 1.29 is 14.7 Å². The highest BCUT2D eigenvalue weighted by molar-refractivity contribution is 5.96. The maximum Gasteiger partial charge on any atom is 0.328 e. The predicted octanol–water partition coefficient (Wildman–Crippen LogP) is 2.96. The molecule has 0 aliphatic heterocycles. The molecule has 1 N–H and O–H groups in total. The quantitative estimate of drug-likeness (QED) is 0.847. The highest BCUT2D eigenvalue weighted by atomic mass is 16.4. The maximum absolute atomic E-state index is 12.5. The summed E-state index contributed by atoms with van der Waals surface area (Å²) in [7, 11) is 1.83. The van der Waals surface area contributed by atoms with E-state index in [4.69, 9.17) is 5.11 Å². The van der Waals surface area contributed by atoms with Gasteiger partial charge in [-0.2, -0.15) is 0 Å². The molecular formula is C17H21NO3. The van der Waals surface area contributed by atoms with Gasteiger partial charge in [-0.3, -0.25) is 4.79 Å². The van der Waals surface area contributed by atoms with Crippen molar-refractivity contribution in [3.05, 3.63) is 41.0 Å². The average molecular weight is 287 g/mol. The third-order valence-corrected chi connectivity index (χ3v) is 4.01. The lowest BCUT2D eigenvalue weighted by molar-refractivity contribution is -0.131. The van der Waals surface area contributed by atoms with Gasteiger partial charge in [0.2, 0.25) is 0 Å². The van der Waals surface area contributed by atoms with Gasteiger partial charge in [-0.1, -0.05) is 18.6 Å². The summed E-state index contributed by atoms with van der Waals surface area (Å²) >= 11 is 0. The number of hydrogen-bond donors (Lipinski definition) is 1. The molecule has 4 heteroatoms. The van der Waals surface area contributed by atoms with E-state index in [1.807, 2.05) is 26.1 Å². The highest BCUT2D eigenvalue weighted by Gasteiger charge is 2.22. The van der Waals surface area contributed by atoms with Gasteiger partial charge in [0.25, 0.3) is 5.91 Å². The molecule has 1 aromatic rings. The zero-order valence-corrected chi connectivity index (χ0v) is 12.5. The van der Waals surface area contributed by atoms with E-state index >= 15 is 0 Å². The van der Waals surface area contributed by atoms with E-state index in [2.05, 4.69) is 0 Å². The lowest BCUT2D eigenvalue weighted by Crippen LogP contribution is -2.34. The first kappa shape index (κ1) is 15.3. The van der Waals surface area contributed by atoms with Crippen molar-refractivity contribution in [2.24, 2.45) is 5.92 Å². The Hall–Kier alpha value is -2.10. The Labute approximate surface area is 125 Å². The number of aliphatic carboxylic acids is 1. The topological polar surface area (TPSA) is 57.6 Å². The molecule has 0 bridgehead atoms. The standard InChI is InChI=1S/C17H21NO3/c1-12-6-7-13(8-9-16(19)20)10-15(12)17(21)18(2)11-14-4-3-5-14/h6-10,14H,3-5,11H2,1-2H3,(H,19,20). The van der Waals surface area contributed by atoms with Crippen LogP contribution in [0.15, 0.2) is 24.3 Å². The van der Waals surface area contributed by atoms with Gasteiger partial charge in [-0.05, 0) is 49.0 Å². The van der Waals surface area contributed by atoms with Crippen molar-refractivity contribution in [3.63, 3.8) is 0 Å². The lowest BCUT2D eigenvalue weighted by Gasteiger charge is -2.30. The summed E-state index contributed by atoms with van der Waals surface area (Å²) in [5, 5.41) is 8.67. The van der Waals surface area contributed by atoms with Crippen LogP contribution in [-0.2, 0) is 4.79 Å². The van der Waals surface area contributed by atoms with Crippen LogP contribution in [0.4, 0.5) is 0 Å². The molecule has 0 unspecified atom stereocenters. The van der Waals surface area contributed by atoms with E-state index in [9.17, 15) is 9.59 Å². The average Bonchev–Trinajstić information content (AvgIpc) is 2.40. The molecule has 1 aliphatic carbocycles. The van der Waals surface area contributed by atoms with Crippen LogP contribution in [0.5, 0.6) is 0 Å². The summed E-state index contributed by atoms with van der Waals surface area (Å²) in [5.74, 6) is -0.357. The number of nitrogens with zero attached hydrogens (tertiary/aromatic N) is 1. The van der Waals surface area contributed by atoms with Gasteiger partial charge in [-0.15, -0.1) is 0 Å². The Morgan fingerprint density at radius 1 is 1.38 bits per heavy atom. The second-order valence-corrected chi connectivity index (χ2v) is 5.73. The minimum Gasteiger partial charge on any atom is -0.478 e. The second-order valence-electron chi connectivity index (χ2n) is 5.73. The monoisotopic (exact) mass is 287 g/mol. The molecular weight excluding hydrogens is 266 g/mol. The SMILES string of the molecule is Cc1ccc(C=CC(=O)O)cc1C(=O)N(C)CC1CCC1. The molecule has 1 saturated carbocycles. The summed E-state index contributed by atoms with van der Waals surface area (Å²) in [6.45, 7) is 2.70. The third-order valence-electron chi connectivity index (χ3n) is 4.01. The first-order valence-corrected chi connectivity index (χ1v) is 7.24. The van der Waals surface area contributed by atoms with Crippen LogP contribution in [0.2, 0.25) is 0 Å². The van der Waals surface area contributed by atoms with Crippen molar-refractivity contribution >= 4 is 18.0 Å². The molecule has 4 nitrogen and oxygen atoms in total. The van der Waals surface area contributed by atoms with Gasteiger partial charge < -0.3 is 10.0 Å². The van der Waals surface area contributed by atoms with Gasteiger partial charge in [0.05, 0.1) is 0 Å². The smallest absolute Gasteiger partial charge is 0.328 e. The number of carboxylic acid groups (broad SMARTS) is 1. The van der Waals surface area contributed by atoms with Crippen LogP contribution in [0, 0.1) is 12.8 Å². The maximum atomic E-state index is 12.5. The second kappa shape index (κ2) is 6.57. The number of rotatable bonds is 5. The fourth-order valence-corrected chi connectivity index (χ4v) is 2.49. The summed E-state index contributed by atoms with van der Waals surface area (Å²) in [6, 6.07) is 5.43. The molecule has 1 aliphatic rings. The number of carbonyl (C=O) groups excluding carboxylic acids is 1. The molecule has 112 valence electrons. The Morgan fingerprint density at radius 3 is 2.67 bits per heavy atom. The van der Waals surface area contributed by atoms with E-state index in [1.165, 1.54) is 25.3 Å². The lowest BCUT2D eigenvalue weighted by atomic mass is 9.85. The molecule has 1 fully saturated rings. The normalized spacial score (nSPS) is 15.0. The summed E-state index contributed by atoms with van der Waals surface area (Å²) in [4.78, 5) is 24.9. The largest absolute Gasteiger partial charge is 0.478 e. The number of carboxylic acids is 1. The summed E-state index contributed by atoms with van der Waals surface area (Å²) < 4.78 is 0. The molecule has 1 amide bonds. The molecule has 21 heavy (non-hydrogen) atoms. The number of amides is 1. The molecule has 0 aromatic heterocycles. The molecule has 0 heterocycles. The van der Waals surface area contributed by atoms with Crippen molar-refractivity contribution in [1.29, 1.82) is 0 Å². The van der Waals surface area contributed by atoms with Crippen molar-refractivity contribution in [2.45, 2.75) is 26.2 Å². The Kier molecular flexibility index (Phi) is 4.78. The number of benzene rings is 1. The Balaban J connectivity index is 2.14. The first-order chi connectivity index (χ1) is 9.97.